The standard InChI is InChI=1S/C19H27NO3/c1-15-12-20(10-9-18(15)16-6-3-2-4-7-16)19(21)14-22-13-17-8-5-11-23-17/h2-4,6-7,15,17-18H,5,8-14H2,1H3/t15-,17-,18-/m1/s1. The molecule has 2 saturated heterocycles. The number of carbonyl (C=O) groups is 1. The van der Waals surface area contributed by atoms with Gasteiger partial charge in [0.15, 0.2) is 0 Å². The minimum atomic E-state index is 0.112. The SMILES string of the molecule is C[C@@H]1CN(C(=O)COC[C@H]2CCCO2)CC[C@H]1c1ccccc1. The van der Waals surface area contributed by atoms with Crippen molar-refractivity contribution in [2.45, 2.75) is 38.2 Å². The van der Waals surface area contributed by atoms with Crippen molar-refractivity contribution in [1.29, 1.82) is 0 Å². The maximum atomic E-state index is 12.3. The molecule has 2 fully saturated rings. The Kier molecular flexibility index (Phi) is 5.68. The van der Waals surface area contributed by atoms with E-state index in [-0.39, 0.29) is 18.6 Å². The highest BCUT2D eigenvalue weighted by Crippen LogP contribution is 2.32. The third-order valence-corrected chi connectivity index (χ3v) is 5.04. The van der Waals surface area contributed by atoms with Gasteiger partial charge >= 0.3 is 0 Å². The summed E-state index contributed by atoms with van der Waals surface area (Å²) in [5.41, 5.74) is 1.39. The molecule has 0 aromatic heterocycles. The number of benzene rings is 1. The third kappa shape index (κ3) is 4.33. The van der Waals surface area contributed by atoms with Crippen molar-refractivity contribution in [2.24, 2.45) is 5.92 Å². The Hall–Kier alpha value is -1.39. The number of amides is 1. The molecule has 3 atom stereocenters. The second-order valence-corrected chi connectivity index (χ2v) is 6.77. The highest BCUT2D eigenvalue weighted by molar-refractivity contribution is 5.77. The Balaban J connectivity index is 1.44. The molecule has 0 N–H and O–H groups in total. The fourth-order valence-corrected chi connectivity index (χ4v) is 3.71. The molecule has 1 aromatic carbocycles. The summed E-state index contributed by atoms with van der Waals surface area (Å²) in [6, 6.07) is 10.6. The van der Waals surface area contributed by atoms with Crippen LogP contribution in [-0.4, -0.2) is 49.8 Å². The molecule has 1 aromatic rings. The monoisotopic (exact) mass is 317 g/mol. The van der Waals surface area contributed by atoms with Crippen LogP contribution in [0.25, 0.3) is 0 Å². The van der Waals surface area contributed by atoms with Gasteiger partial charge in [0.2, 0.25) is 5.91 Å². The van der Waals surface area contributed by atoms with Crippen LogP contribution < -0.4 is 0 Å². The minimum Gasteiger partial charge on any atom is -0.376 e. The molecular formula is C19H27NO3. The number of rotatable bonds is 5. The summed E-state index contributed by atoms with van der Waals surface area (Å²) in [5, 5.41) is 0. The molecule has 4 heteroatoms. The Bertz CT molecular complexity index is 499. The normalized spacial score (nSPS) is 28.0. The third-order valence-electron chi connectivity index (χ3n) is 5.04. The Morgan fingerprint density at radius 3 is 2.83 bits per heavy atom. The van der Waals surface area contributed by atoms with E-state index in [9.17, 15) is 4.79 Å². The molecule has 2 aliphatic rings. The number of hydrogen-bond acceptors (Lipinski definition) is 3. The quantitative estimate of drug-likeness (QED) is 0.838. The first kappa shape index (κ1) is 16.5. The molecule has 0 unspecified atom stereocenters. The smallest absolute Gasteiger partial charge is 0.248 e. The first-order valence-electron chi connectivity index (χ1n) is 8.76. The van der Waals surface area contributed by atoms with Crippen LogP contribution in [0.4, 0.5) is 0 Å². The second kappa shape index (κ2) is 7.93. The highest BCUT2D eigenvalue weighted by Gasteiger charge is 2.29. The van der Waals surface area contributed by atoms with E-state index in [1.54, 1.807) is 0 Å². The summed E-state index contributed by atoms with van der Waals surface area (Å²) in [5.74, 6) is 1.14. The lowest BCUT2D eigenvalue weighted by molar-refractivity contribution is -0.139. The zero-order valence-corrected chi connectivity index (χ0v) is 13.9. The van der Waals surface area contributed by atoms with Crippen LogP contribution >= 0.6 is 0 Å². The topological polar surface area (TPSA) is 38.8 Å². The van der Waals surface area contributed by atoms with Crippen LogP contribution in [0, 0.1) is 5.92 Å². The van der Waals surface area contributed by atoms with Crippen LogP contribution in [-0.2, 0) is 14.3 Å². The molecule has 23 heavy (non-hydrogen) atoms. The van der Waals surface area contributed by atoms with Gasteiger partial charge in [-0.1, -0.05) is 37.3 Å². The fraction of sp³-hybridized carbons (Fsp3) is 0.632. The van der Waals surface area contributed by atoms with Crippen LogP contribution in [0.2, 0.25) is 0 Å². The lowest BCUT2D eigenvalue weighted by Gasteiger charge is -2.37. The first-order chi connectivity index (χ1) is 11.2. The molecule has 0 bridgehead atoms. The van der Waals surface area contributed by atoms with Crippen LogP contribution in [0.5, 0.6) is 0 Å². The molecule has 4 nitrogen and oxygen atoms in total. The largest absolute Gasteiger partial charge is 0.376 e. The second-order valence-electron chi connectivity index (χ2n) is 6.77. The lowest BCUT2D eigenvalue weighted by atomic mass is 9.81. The summed E-state index contributed by atoms with van der Waals surface area (Å²) >= 11 is 0. The van der Waals surface area contributed by atoms with Crippen molar-refractivity contribution < 1.29 is 14.3 Å². The van der Waals surface area contributed by atoms with E-state index in [2.05, 4.69) is 37.3 Å². The van der Waals surface area contributed by atoms with Crippen molar-refractivity contribution in [1.82, 2.24) is 4.90 Å². The van der Waals surface area contributed by atoms with Gasteiger partial charge in [0.05, 0.1) is 12.7 Å². The molecule has 0 aliphatic carbocycles. The maximum absolute atomic E-state index is 12.3. The molecule has 0 saturated carbocycles. The molecule has 126 valence electrons. The summed E-state index contributed by atoms with van der Waals surface area (Å²) in [7, 11) is 0. The molecule has 2 aliphatic heterocycles. The van der Waals surface area contributed by atoms with Crippen molar-refractivity contribution in [3.05, 3.63) is 35.9 Å². The average Bonchev–Trinajstić information content (AvgIpc) is 3.09. The fourth-order valence-electron chi connectivity index (χ4n) is 3.71. The molecular weight excluding hydrogens is 290 g/mol. The summed E-state index contributed by atoms with van der Waals surface area (Å²) in [6.07, 6.45) is 3.37. The van der Waals surface area contributed by atoms with Crippen molar-refractivity contribution in [2.75, 3.05) is 32.9 Å². The zero-order valence-electron chi connectivity index (χ0n) is 13.9. The van der Waals surface area contributed by atoms with Crippen LogP contribution in [0.3, 0.4) is 0 Å². The van der Waals surface area contributed by atoms with E-state index in [0.717, 1.165) is 39.0 Å². The van der Waals surface area contributed by atoms with Gasteiger partial charge in [0, 0.05) is 19.7 Å². The van der Waals surface area contributed by atoms with Gasteiger partial charge in [-0.05, 0) is 36.7 Å². The molecule has 1 amide bonds. The molecule has 2 heterocycles. The van der Waals surface area contributed by atoms with Gasteiger partial charge in [-0.15, -0.1) is 0 Å². The Labute approximate surface area is 138 Å². The van der Waals surface area contributed by atoms with Crippen LogP contribution in [0.1, 0.15) is 37.7 Å². The number of piperidine rings is 1. The van der Waals surface area contributed by atoms with Crippen molar-refractivity contribution in [3.63, 3.8) is 0 Å². The van der Waals surface area contributed by atoms with Crippen molar-refractivity contribution in [3.8, 4) is 0 Å². The minimum absolute atomic E-state index is 0.112. The Morgan fingerprint density at radius 1 is 1.30 bits per heavy atom. The zero-order chi connectivity index (χ0) is 16.1. The van der Waals surface area contributed by atoms with E-state index in [1.807, 2.05) is 4.90 Å². The summed E-state index contributed by atoms with van der Waals surface area (Å²) < 4.78 is 11.1. The van der Waals surface area contributed by atoms with Gasteiger partial charge in [0.1, 0.15) is 6.61 Å². The average molecular weight is 317 g/mol. The van der Waals surface area contributed by atoms with E-state index in [0.29, 0.717) is 18.4 Å². The predicted molar refractivity (Wildman–Crippen MR) is 89.3 cm³/mol. The maximum Gasteiger partial charge on any atom is 0.248 e. The molecule has 0 radical (unpaired) electrons. The van der Waals surface area contributed by atoms with E-state index < -0.39 is 0 Å². The number of likely N-dealkylation sites (tertiary alicyclic amines) is 1. The number of carbonyl (C=O) groups excluding carboxylic acids is 1. The number of hydrogen-bond donors (Lipinski definition) is 0. The Morgan fingerprint density at radius 2 is 2.13 bits per heavy atom. The van der Waals surface area contributed by atoms with Crippen LogP contribution in [0.15, 0.2) is 30.3 Å². The molecule has 0 spiro atoms. The summed E-state index contributed by atoms with van der Waals surface area (Å²) in [6.45, 7) is 5.44. The van der Waals surface area contributed by atoms with Gasteiger partial charge in [-0.3, -0.25) is 4.79 Å². The highest BCUT2D eigenvalue weighted by atomic mass is 16.5. The van der Waals surface area contributed by atoms with Gasteiger partial charge < -0.3 is 14.4 Å². The lowest BCUT2D eigenvalue weighted by Crippen LogP contribution is -2.44. The molecule has 3 rings (SSSR count). The first-order valence-corrected chi connectivity index (χ1v) is 8.76. The summed E-state index contributed by atoms with van der Waals surface area (Å²) in [4.78, 5) is 14.3. The predicted octanol–water partition coefficient (Wildman–Crippen LogP) is 2.83. The van der Waals surface area contributed by atoms with E-state index in [1.165, 1.54) is 5.56 Å². The van der Waals surface area contributed by atoms with Gasteiger partial charge in [0.25, 0.3) is 0 Å². The van der Waals surface area contributed by atoms with E-state index in [4.69, 9.17) is 9.47 Å². The van der Waals surface area contributed by atoms with Gasteiger partial charge in [-0.25, -0.2) is 0 Å². The number of nitrogens with zero attached hydrogens (tertiary/aromatic N) is 1. The van der Waals surface area contributed by atoms with Crippen molar-refractivity contribution >= 4 is 5.91 Å². The van der Waals surface area contributed by atoms with Gasteiger partial charge in [-0.2, -0.15) is 0 Å². The van der Waals surface area contributed by atoms with E-state index >= 15 is 0 Å². The number of ether oxygens (including phenoxy) is 2.